The van der Waals surface area contributed by atoms with Crippen LogP contribution >= 0.6 is 0 Å². The molecule has 246 valence electrons. The summed E-state index contributed by atoms with van der Waals surface area (Å²) in [6.07, 6.45) is 1.74. The number of rotatable bonds is 12. The number of piperazine rings is 1. The third-order valence-corrected chi connectivity index (χ3v) is 8.21. The number of aryl methyl sites for hydroxylation is 1. The highest BCUT2D eigenvalue weighted by atomic mass is 19.1. The number of hydrogen-bond donors (Lipinski definition) is 3. The molecule has 1 aliphatic rings. The van der Waals surface area contributed by atoms with Crippen LogP contribution in [0.4, 0.5) is 14.5 Å². The Morgan fingerprint density at radius 2 is 1.63 bits per heavy atom. The number of halogens is 2. The van der Waals surface area contributed by atoms with Crippen LogP contribution in [0.15, 0.2) is 54.7 Å². The number of benzene rings is 2. The number of likely N-dealkylation sites (N-methyl/N-ethyl adjacent to an activating group) is 1. The largest absolute Gasteiger partial charge is 0.344 e. The molecular formula is C33H41F2N7O4. The fraction of sp³-hybridized carbons (Fsp3) is 0.424. The first-order valence-electron chi connectivity index (χ1n) is 15.4. The molecule has 1 fully saturated rings. The molecule has 1 aromatic heterocycles. The van der Waals surface area contributed by atoms with Crippen LogP contribution in [0.25, 0.3) is 0 Å². The summed E-state index contributed by atoms with van der Waals surface area (Å²) in [5.74, 6) is -3.56. The first kappa shape index (κ1) is 34.2. The van der Waals surface area contributed by atoms with Gasteiger partial charge in [-0.3, -0.25) is 23.9 Å². The normalized spacial score (nSPS) is 15.5. The molecule has 3 N–H and O–H groups in total. The van der Waals surface area contributed by atoms with E-state index in [0.29, 0.717) is 43.9 Å². The zero-order valence-electron chi connectivity index (χ0n) is 26.6. The fourth-order valence-electron chi connectivity index (χ4n) is 5.35. The molecule has 4 rings (SSSR count). The second kappa shape index (κ2) is 15.6. The van der Waals surface area contributed by atoms with E-state index in [9.17, 15) is 23.6 Å². The van der Waals surface area contributed by atoms with E-state index in [2.05, 4.69) is 25.9 Å². The van der Waals surface area contributed by atoms with Crippen LogP contribution in [0.2, 0.25) is 0 Å². The molecule has 0 saturated carbocycles. The lowest BCUT2D eigenvalue weighted by molar-refractivity contribution is -0.137. The molecule has 13 heteroatoms. The van der Waals surface area contributed by atoms with Crippen molar-refractivity contribution in [3.8, 4) is 0 Å². The van der Waals surface area contributed by atoms with E-state index in [-0.39, 0.29) is 36.0 Å². The summed E-state index contributed by atoms with van der Waals surface area (Å²) in [5.41, 5.74) is 1.17. The first-order chi connectivity index (χ1) is 22.0. The summed E-state index contributed by atoms with van der Waals surface area (Å²) in [6.45, 7) is 8.14. The van der Waals surface area contributed by atoms with Crippen LogP contribution in [-0.2, 0) is 27.3 Å². The van der Waals surface area contributed by atoms with Crippen LogP contribution in [0.3, 0.4) is 0 Å². The zero-order chi connectivity index (χ0) is 33.4. The Morgan fingerprint density at radius 3 is 2.26 bits per heavy atom. The Labute approximate surface area is 267 Å². The Bertz CT molecular complexity index is 1540. The Balaban J connectivity index is 1.53. The number of nitrogens with zero attached hydrogens (tertiary/aromatic N) is 4. The highest BCUT2D eigenvalue weighted by Crippen LogP contribution is 2.24. The van der Waals surface area contributed by atoms with Crippen molar-refractivity contribution >= 4 is 29.3 Å². The summed E-state index contributed by atoms with van der Waals surface area (Å²) in [6, 6.07) is 9.25. The van der Waals surface area contributed by atoms with Gasteiger partial charge in [0.2, 0.25) is 17.7 Å². The predicted molar refractivity (Wildman–Crippen MR) is 169 cm³/mol. The van der Waals surface area contributed by atoms with Crippen LogP contribution in [0.1, 0.15) is 54.7 Å². The number of carbonyl (C=O) groups is 4. The van der Waals surface area contributed by atoms with Gasteiger partial charge in [-0.05, 0) is 55.4 Å². The number of nitrogens with one attached hydrogen (secondary N) is 3. The van der Waals surface area contributed by atoms with Crippen LogP contribution in [0, 0.1) is 11.6 Å². The van der Waals surface area contributed by atoms with Crippen LogP contribution in [-0.4, -0.2) is 88.5 Å². The second-order valence-corrected chi connectivity index (χ2v) is 11.4. The lowest BCUT2D eigenvalue weighted by Crippen LogP contribution is -2.54. The van der Waals surface area contributed by atoms with E-state index >= 15 is 4.39 Å². The van der Waals surface area contributed by atoms with E-state index in [1.165, 1.54) is 53.3 Å². The minimum absolute atomic E-state index is 0.0629. The molecule has 3 atom stereocenters. The topological polar surface area (TPSA) is 129 Å². The number of hydrogen-bond acceptors (Lipinski definition) is 6. The van der Waals surface area contributed by atoms with Crippen molar-refractivity contribution in [2.45, 2.75) is 58.2 Å². The summed E-state index contributed by atoms with van der Waals surface area (Å²) < 4.78 is 30.6. The van der Waals surface area contributed by atoms with Gasteiger partial charge in [-0.1, -0.05) is 32.0 Å². The van der Waals surface area contributed by atoms with Crippen molar-refractivity contribution in [2.75, 3.05) is 38.5 Å². The minimum atomic E-state index is -1.16. The molecule has 46 heavy (non-hydrogen) atoms. The predicted octanol–water partition coefficient (Wildman–Crippen LogP) is 2.93. The van der Waals surface area contributed by atoms with Gasteiger partial charge in [-0.2, -0.15) is 5.10 Å². The van der Waals surface area contributed by atoms with Crippen molar-refractivity contribution in [1.29, 1.82) is 0 Å². The van der Waals surface area contributed by atoms with Gasteiger partial charge >= 0.3 is 0 Å². The van der Waals surface area contributed by atoms with Gasteiger partial charge < -0.3 is 25.8 Å². The Morgan fingerprint density at radius 1 is 0.935 bits per heavy atom. The van der Waals surface area contributed by atoms with E-state index in [1.807, 2.05) is 14.0 Å². The summed E-state index contributed by atoms with van der Waals surface area (Å²) in [7, 11) is 1.98. The van der Waals surface area contributed by atoms with Crippen LogP contribution < -0.4 is 16.0 Å². The maximum atomic E-state index is 15.5. The monoisotopic (exact) mass is 637 g/mol. The molecule has 3 aromatic rings. The lowest BCUT2D eigenvalue weighted by Gasteiger charge is -2.34. The van der Waals surface area contributed by atoms with Crippen molar-refractivity contribution in [2.24, 2.45) is 0 Å². The molecule has 2 aromatic carbocycles. The summed E-state index contributed by atoms with van der Waals surface area (Å²) in [5, 5.41) is 12.2. The molecule has 2 heterocycles. The molecular weight excluding hydrogens is 596 g/mol. The second-order valence-electron chi connectivity index (χ2n) is 11.4. The van der Waals surface area contributed by atoms with Gasteiger partial charge in [-0.15, -0.1) is 0 Å². The number of anilines is 1. The van der Waals surface area contributed by atoms with E-state index in [4.69, 9.17) is 0 Å². The van der Waals surface area contributed by atoms with E-state index in [1.54, 1.807) is 24.8 Å². The quantitative estimate of drug-likeness (QED) is 0.280. The molecule has 1 saturated heterocycles. The number of aromatic nitrogens is 2. The zero-order valence-corrected chi connectivity index (χ0v) is 26.6. The average Bonchev–Trinajstić information content (AvgIpc) is 3.54. The Kier molecular flexibility index (Phi) is 11.6. The van der Waals surface area contributed by atoms with Gasteiger partial charge in [0.15, 0.2) is 0 Å². The van der Waals surface area contributed by atoms with Crippen molar-refractivity contribution < 1.29 is 28.0 Å². The first-order valence-corrected chi connectivity index (χ1v) is 15.4. The molecule has 4 amide bonds. The highest BCUT2D eigenvalue weighted by Gasteiger charge is 2.31. The maximum absolute atomic E-state index is 15.5. The Hall–Kier alpha value is -4.65. The standard InChI is InChI=1S/C33H41F2N7O4/c1-5-29(43)37-27(33(46)41-17-15-40(4)16-18-41)20-22-7-12-26(25(35)19-22)38-32(45)30(21(3)23-8-10-24(34)11-9-23)39-31(44)28-13-14-36-42(28)6-2/h7-14,19,21,27,30H,5-6,15-18,20H2,1-4H3,(H,37,43)(H,38,45)(H,39,44)/t21-,27+,30-/m0/s1. The van der Waals surface area contributed by atoms with Crippen molar-refractivity contribution in [3.05, 3.63) is 83.2 Å². The number of amides is 4. The summed E-state index contributed by atoms with van der Waals surface area (Å²) >= 11 is 0. The fourth-order valence-corrected chi connectivity index (χ4v) is 5.35. The smallest absolute Gasteiger partial charge is 0.270 e. The molecule has 0 unspecified atom stereocenters. The summed E-state index contributed by atoms with van der Waals surface area (Å²) in [4.78, 5) is 56.2. The van der Waals surface area contributed by atoms with Gasteiger partial charge in [0, 0.05) is 57.7 Å². The maximum Gasteiger partial charge on any atom is 0.270 e. The third kappa shape index (κ3) is 8.53. The van der Waals surface area contributed by atoms with Gasteiger partial charge in [-0.25, -0.2) is 8.78 Å². The lowest BCUT2D eigenvalue weighted by atomic mass is 9.92. The van der Waals surface area contributed by atoms with Crippen molar-refractivity contribution in [1.82, 2.24) is 30.2 Å². The SMILES string of the molecule is CCC(=O)N[C@H](Cc1ccc(NC(=O)[C@@H](NC(=O)c2ccnn2CC)[C@@H](C)c2ccc(F)cc2)c(F)c1)C(=O)N1CCN(C)CC1. The van der Waals surface area contributed by atoms with E-state index in [0.717, 1.165) is 0 Å². The molecule has 0 radical (unpaired) electrons. The van der Waals surface area contributed by atoms with E-state index < -0.39 is 41.5 Å². The minimum Gasteiger partial charge on any atom is -0.344 e. The van der Waals surface area contributed by atoms with Crippen LogP contribution in [0.5, 0.6) is 0 Å². The average molecular weight is 638 g/mol. The van der Waals surface area contributed by atoms with Crippen molar-refractivity contribution in [3.63, 3.8) is 0 Å². The highest BCUT2D eigenvalue weighted by molar-refractivity contribution is 6.01. The molecule has 0 bridgehead atoms. The van der Waals surface area contributed by atoms with Gasteiger partial charge in [0.05, 0.1) is 5.69 Å². The molecule has 0 spiro atoms. The molecule has 0 aliphatic carbocycles. The van der Waals surface area contributed by atoms with Gasteiger partial charge in [0.1, 0.15) is 29.4 Å². The number of carbonyl (C=O) groups excluding carboxylic acids is 4. The van der Waals surface area contributed by atoms with Gasteiger partial charge in [0.25, 0.3) is 5.91 Å². The molecule has 1 aliphatic heterocycles. The third-order valence-electron chi connectivity index (χ3n) is 8.21. The molecule has 11 nitrogen and oxygen atoms in total.